The summed E-state index contributed by atoms with van der Waals surface area (Å²) in [7, 11) is 0. The second-order valence-corrected chi connectivity index (χ2v) is 5.54. The molecule has 0 atom stereocenters. The minimum absolute atomic E-state index is 0.0387. The van der Waals surface area contributed by atoms with Gasteiger partial charge < -0.3 is 4.98 Å². The van der Waals surface area contributed by atoms with Crippen molar-refractivity contribution in [3.8, 4) is 0 Å². The third-order valence-corrected chi connectivity index (χ3v) is 4.37. The number of halogens is 1. The number of aromatic amines is 1. The van der Waals surface area contributed by atoms with Crippen molar-refractivity contribution in [2.24, 2.45) is 0 Å². The van der Waals surface area contributed by atoms with Crippen LogP contribution in [-0.2, 0) is 6.42 Å². The molecule has 0 aliphatic rings. The highest BCUT2D eigenvalue weighted by molar-refractivity contribution is 6.36. The smallest absolute Gasteiger partial charge is 0.196 e. The molecule has 1 heterocycles. The van der Waals surface area contributed by atoms with Crippen LogP contribution in [0, 0.1) is 6.92 Å². The van der Waals surface area contributed by atoms with E-state index in [1.54, 1.807) is 12.3 Å². The van der Waals surface area contributed by atoms with Crippen molar-refractivity contribution in [3.05, 3.63) is 69.9 Å². The number of carbonyl (C=O) groups excluding carboxylic acids is 1. The number of H-pyrrole nitrogens is 1. The fourth-order valence-electron chi connectivity index (χ4n) is 2.67. The van der Waals surface area contributed by atoms with Gasteiger partial charge in [0.25, 0.3) is 0 Å². The fraction of sp³-hybridized carbons (Fsp3) is 0.167. The zero-order chi connectivity index (χ0) is 15.0. The molecule has 3 rings (SSSR count). The number of carbonyl (C=O) groups is 1. The predicted molar refractivity (Wildman–Crippen MR) is 87.3 cm³/mol. The number of aryl methyl sites for hydroxylation is 2. The van der Waals surface area contributed by atoms with Crippen LogP contribution in [0.2, 0.25) is 5.02 Å². The zero-order valence-corrected chi connectivity index (χ0v) is 12.8. The van der Waals surface area contributed by atoms with E-state index in [2.05, 4.69) is 18.0 Å². The standard InChI is InChI=1S/C18H16ClNO/c1-3-12-7-5-8-13-15(10-20-17(12)13)18(21)14-9-4-6-11(2)16(14)19/h4-10,20H,3H2,1-2H3. The van der Waals surface area contributed by atoms with Crippen LogP contribution in [0.3, 0.4) is 0 Å². The van der Waals surface area contributed by atoms with E-state index in [0.717, 1.165) is 22.9 Å². The Balaban J connectivity index is 2.17. The number of rotatable bonds is 3. The van der Waals surface area contributed by atoms with Gasteiger partial charge in [0.05, 0.1) is 5.02 Å². The molecule has 0 aliphatic carbocycles. The number of aromatic nitrogens is 1. The molecule has 3 heteroatoms. The summed E-state index contributed by atoms with van der Waals surface area (Å²) in [4.78, 5) is 16.0. The van der Waals surface area contributed by atoms with E-state index < -0.39 is 0 Å². The molecule has 0 radical (unpaired) electrons. The summed E-state index contributed by atoms with van der Waals surface area (Å²) < 4.78 is 0. The Morgan fingerprint density at radius 2 is 1.90 bits per heavy atom. The molecule has 0 spiro atoms. The molecule has 3 aromatic rings. The molecule has 21 heavy (non-hydrogen) atoms. The number of para-hydroxylation sites is 1. The summed E-state index contributed by atoms with van der Waals surface area (Å²) in [6, 6.07) is 11.6. The van der Waals surface area contributed by atoms with E-state index in [-0.39, 0.29) is 5.78 Å². The van der Waals surface area contributed by atoms with Gasteiger partial charge in [0.1, 0.15) is 0 Å². The highest BCUT2D eigenvalue weighted by Crippen LogP contribution is 2.28. The molecule has 0 fully saturated rings. The van der Waals surface area contributed by atoms with Gasteiger partial charge in [-0.1, -0.05) is 48.9 Å². The third kappa shape index (κ3) is 2.26. The highest BCUT2D eigenvalue weighted by Gasteiger charge is 2.18. The topological polar surface area (TPSA) is 32.9 Å². The quantitative estimate of drug-likeness (QED) is 0.684. The second-order valence-electron chi connectivity index (χ2n) is 5.16. The van der Waals surface area contributed by atoms with E-state index in [1.807, 2.05) is 31.2 Å². The van der Waals surface area contributed by atoms with Gasteiger partial charge in [-0.05, 0) is 30.5 Å². The molecule has 0 amide bonds. The van der Waals surface area contributed by atoms with Gasteiger partial charge in [0, 0.05) is 28.2 Å². The molecular weight excluding hydrogens is 282 g/mol. The zero-order valence-electron chi connectivity index (χ0n) is 12.0. The molecule has 1 aromatic heterocycles. The van der Waals surface area contributed by atoms with Gasteiger partial charge in [-0.15, -0.1) is 0 Å². The van der Waals surface area contributed by atoms with Gasteiger partial charge in [0.15, 0.2) is 5.78 Å². The highest BCUT2D eigenvalue weighted by atomic mass is 35.5. The Hall–Kier alpha value is -2.06. The van der Waals surface area contributed by atoms with E-state index >= 15 is 0 Å². The molecule has 0 bridgehead atoms. The lowest BCUT2D eigenvalue weighted by Gasteiger charge is -2.05. The number of ketones is 1. The molecule has 1 N–H and O–H groups in total. The maximum Gasteiger partial charge on any atom is 0.196 e. The van der Waals surface area contributed by atoms with Crippen LogP contribution in [0.15, 0.2) is 42.6 Å². The van der Waals surface area contributed by atoms with Gasteiger partial charge in [-0.2, -0.15) is 0 Å². The summed E-state index contributed by atoms with van der Waals surface area (Å²) in [6.07, 6.45) is 2.71. The number of hydrogen-bond acceptors (Lipinski definition) is 1. The normalized spacial score (nSPS) is 11.0. The number of nitrogens with one attached hydrogen (secondary N) is 1. The maximum atomic E-state index is 12.8. The first kappa shape index (κ1) is 13.9. The fourth-order valence-corrected chi connectivity index (χ4v) is 2.88. The van der Waals surface area contributed by atoms with E-state index in [1.165, 1.54) is 5.56 Å². The van der Waals surface area contributed by atoms with Crippen molar-refractivity contribution < 1.29 is 4.79 Å². The lowest BCUT2D eigenvalue weighted by molar-refractivity contribution is 0.104. The Bertz CT molecular complexity index is 832. The Kier molecular flexibility index (Phi) is 3.56. The van der Waals surface area contributed by atoms with Crippen LogP contribution in [0.5, 0.6) is 0 Å². The van der Waals surface area contributed by atoms with E-state index in [0.29, 0.717) is 16.1 Å². The van der Waals surface area contributed by atoms with Crippen LogP contribution < -0.4 is 0 Å². The van der Waals surface area contributed by atoms with E-state index in [4.69, 9.17) is 11.6 Å². The minimum Gasteiger partial charge on any atom is -0.360 e. The van der Waals surface area contributed by atoms with Crippen LogP contribution in [0.4, 0.5) is 0 Å². The van der Waals surface area contributed by atoms with Crippen LogP contribution >= 0.6 is 11.6 Å². The van der Waals surface area contributed by atoms with Crippen molar-refractivity contribution in [1.29, 1.82) is 0 Å². The van der Waals surface area contributed by atoms with Crippen molar-refractivity contribution in [3.63, 3.8) is 0 Å². The molecule has 2 nitrogen and oxygen atoms in total. The Morgan fingerprint density at radius 3 is 2.67 bits per heavy atom. The second kappa shape index (κ2) is 5.38. The van der Waals surface area contributed by atoms with Gasteiger partial charge >= 0.3 is 0 Å². The average Bonchev–Trinajstić information content (AvgIpc) is 2.93. The van der Waals surface area contributed by atoms with E-state index in [9.17, 15) is 4.79 Å². The van der Waals surface area contributed by atoms with Crippen molar-refractivity contribution in [1.82, 2.24) is 4.98 Å². The summed E-state index contributed by atoms with van der Waals surface area (Å²) in [6.45, 7) is 4.01. The van der Waals surface area contributed by atoms with Gasteiger partial charge in [0.2, 0.25) is 0 Å². The summed E-state index contributed by atoms with van der Waals surface area (Å²) in [5.41, 5.74) is 4.39. The number of fused-ring (bicyclic) bond motifs is 1. The van der Waals surface area contributed by atoms with Crippen LogP contribution in [-0.4, -0.2) is 10.8 Å². The first-order valence-corrected chi connectivity index (χ1v) is 7.40. The molecule has 106 valence electrons. The van der Waals surface area contributed by atoms with Gasteiger partial charge in [-0.3, -0.25) is 4.79 Å². The molecule has 2 aromatic carbocycles. The predicted octanol–water partition coefficient (Wildman–Crippen LogP) is 4.92. The first-order valence-electron chi connectivity index (χ1n) is 7.02. The monoisotopic (exact) mass is 297 g/mol. The third-order valence-electron chi connectivity index (χ3n) is 3.86. The molecule has 0 unspecified atom stereocenters. The lowest BCUT2D eigenvalue weighted by Crippen LogP contribution is -2.02. The van der Waals surface area contributed by atoms with Crippen LogP contribution in [0.25, 0.3) is 10.9 Å². The molecule has 0 saturated heterocycles. The summed E-state index contributed by atoms with van der Waals surface area (Å²) in [5.74, 6) is -0.0387. The average molecular weight is 298 g/mol. The molecular formula is C18H16ClNO. The SMILES string of the molecule is CCc1cccc2c(C(=O)c3cccc(C)c3Cl)c[nH]c12. The number of benzene rings is 2. The largest absolute Gasteiger partial charge is 0.360 e. The maximum absolute atomic E-state index is 12.8. The van der Waals surface area contributed by atoms with Crippen molar-refractivity contribution >= 4 is 28.3 Å². The van der Waals surface area contributed by atoms with Crippen LogP contribution in [0.1, 0.15) is 34.0 Å². The molecule has 0 aliphatic heterocycles. The Labute approximate surface area is 128 Å². The minimum atomic E-state index is -0.0387. The van der Waals surface area contributed by atoms with Crippen molar-refractivity contribution in [2.45, 2.75) is 20.3 Å². The Morgan fingerprint density at radius 1 is 1.14 bits per heavy atom. The summed E-state index contributed by atoms with van der Waals surface area (Å²) in [5, 5.41) is 1.49. The first-order chi connectivity index (χ1) is 10.1. The summed E-state index contributed by atoms with van der Waals surface area (Å²) >= 11 is 6.28. The number of hydrogen-bond donors (Lipinski definition) is 1. The lowest BCUT2D eigenvalue weighted by atomic mass is 9.99. The molecule has 0 saturated carbocycles. The van der Waals surface area contributed by atoms with Crippen molar-refractivity contribution in [2.75, 3.05) is 0 Å². The van der Waals surface area contributed by atoms with Gasteiger partial charge in [-0.25, -0.2) is 0 Å².